The van der Waals surface area contributed by atoms with Gasteiger partial charge in [-0.05, 0) is 25.2 Å². The van der Waals surface area contributed by atoms with Gasteiger partial charge in [0.05, 0.1) is 0 Å². The van der Waals surface area contributed by atoms with Gasteiger partial charge < -0.3 is 5.32 Å². The van der Waals surface area contributed by atoms with Crippen LogP contribution < -0.4 is 5.32 Å². The zero-order chi connectivity index (χ0) is 8.43. The molecule has 0 aliphatic carbocycles. The van der Waals surface area contributed by atoms with Crippen LogP contribution in [-0.2, 0) is 0 Å². The van der Waals surface area contributed by atoms with Crippen LogP contribution >= 0.6 is 0 Å². The molecule has 3 unspecified atom stereocenters. The van der Waals surface area contributed by atoms with E-state index < -0.39 is 0 Å². The Morgan fingerprint density at radius 3 is 2.09 bits per heavy atom. The summed E-state index contributed by atoms with van der Waals surface area (Å²) in [4.78, 5) is 0. The van der Waals surface area contributed by atoms with Crippen LogP contribution in [0.2, 0.25) is 0 Å². The summed E-state index contributed by atoms with van der Waals surface area (Å²) in [5, 5.41) is 3.65. The molecule has 1 fully saturated rings. The highest BCUT2D eigenvalue weighted by Crippen LogP contribution is 2.30. The molecule has 0 radical (unpaired) electrons. The molecule has 0 aromatic rings. The fourth-order valence-electron chi connectivity index (χ4n) is 2.43. The molecular formula is C10H21N. The summed E-state index contributed by atoms with van der Waals surface area (Å²) in [6.45, 7) is 9.28. The van der Waals surface area contributed by atoms with Crippen LogP contribution in [0, 0.1) is 11.8 Å². The molecule has 11 heavy (non-hydrogen) atoms. The third-order valence-corrected chi connectivity index (χ3v) is 3.37. The van der Waals surface area contributed by atoms with E-state index in [-0.39, 0.29) is 0 Å². The van der Waals surface area contributed by atoms with Crippen LogP contribution in [0.5, 0.6) is 0 Å². The number of rotatable bonds is 2. The van der Waals surface area contributed by atoms with Gasteiger partial charge in [0.1, 0.15) is 0 Å². The van der Waals surface area contributed by atoms with Crippen LogP contribution in [0.15, 0.2) is 0 Å². The largest absolute Gasteiger partial charge is 0.311 e. The van der Waals surface area contributed by atoms with Crippen molar-refractivity contribution in [3.63, 3.8) is 0 Å². The van der Waals surface area contributed by atoms with E-state index in [0.29, 0.717) is 0 Å². The Balaban J connectivity index is 2.57. The number of hydrogen-bond acceptors (Lipinski definition) is 1. The Labute approximate surface area is 70.6 Å². The molecule has 1 aliphatic rings. The second kappa shape index (κ2) is 3.57. The van der Waals surface area contributed by atoms with Gasteiger partial charge in [-0.1, -0.05) is 27.2 Å². The van der Waals surface area contributed by atoms with Crippen LogP contribution in [0.1, 0.15) is 40.5 Å². The standard InChI is InChI=1S/C10H21N/c1-5-9-7(3)8(4)11-10(9)6-2/h7-11H,5-6H2,1-4H3/t7?,8?,9-,10?/m0/s1. The van der Waals surface area contributed by atoms with E-state index in [4.69, 9.17) is 0 Å². The molecule has 0 aromatic carbocycles. The van der Waals surface area contributed by atoms with Gasteiger partial charge in [-0.15, -0.1) is 0 Å². The molecule has 66 valence electrons. The molecule has 1 nitrogen and oxygen atoms in total. The lowest BCUT2D eigenvalue weighted by Gasteiger charge is -2.18. The van der Waals surface area contributed by atoms with E-state index in [2.05, 4.69) is 33.0 Å². The van der Waals surface area contributed by atoms with Crippen molar-refractivity contribution in [2.24, 2.45) is 11.8 Å². The molecule has 1 saturated heterocycles. The Kier molecular flexibility index (Phi) is 2.94. The first-order valence-corrected chi connectivity index (χ1v) is 4.96. The lowest BCUT2D eigenvalue weighted by atomic mass is 9.86. The average molecular weight is 155 g/mol. The van der Waals surface area contributed by atoms with Crippen molar-refractivity contribution in [2.45, 2.75) is 52.6 Å². The average Bonchev–Trinajstić information content (AvgIpc) is 2.28. The first-order valence-electron chi connectivity index (χ1n) is 4.96. The summed E-state index contributed by atoms with van der Waals surface area (Å²) in [5.41, 5.74) is 0. The van der Waals surface area contributed by atoms with Crippen LogP contribution in [-0.4, -0.2) is 12.1 Å². The maximum Gasteiger partial charge on any atom is 0.00983 e. The monoisotopic (exact) mass is 155 g/mol. The first kappa shape index (κ1) is 9.05. The van der Waals surface area contributed by atoms with Crippen molar-refractivity contribution in [3.05, 3.63) is 0 Å². The van der Waals surface area contributed by atoms with Crippen LogP contribution in [0.3, 0.4) is 0 Å². The second-order valence-corrected chi connectivity index (χ2v) is 3.90. The second-order valence-electron chi connectivity index (χ2n) is 3.90. The molecule has 1 N–H and O–H groups in total. The van der Waals surface area contributed by atoms with Gasteiger partial charge in [-0.3, -0.25) is 0 Å². The summed E-state index contributed by atoms with van der Waals surface area (Å²) < 4.78 is 0. The lowest BCUT2D eigenvalue weighted by Crippen LogP contribution is -2.29. The van der Waals surface area contributed by atoms with Crippen molar-refractivity contribution in [3.8, 4) is 0 Å². The van der Waals surface area contributed by atoms with Gasteiger partial charge in [0, 0.05) is 12.1 Å². The molecule has 0 aromatic heterocycles. The maximum absolute atomic E-state index is 3.65. The molecular weight excluding hydrogens is 134 g/mol. The smallest absolute Gasteiger partial charge is 0.00983 e. The van der Waals surface area contributed by atoms with Gasteiger partial charge in [-0.2, -0.15) is 0 Å². The summed E-state index contributed by atoms with van der Waals surface area (Å²) in [7, 11) is 0. The van der Waals surface area contributed by atoms with E-state index in [0.717, 1.165) is 23.9 Å². The lowest BCUT2D eigenvalue weighted by molar-refractivity contribution is 0.353. The van der Waals surface area contributed by atoms with Gasteiger partial charge in [0.15, 0.2) is 0 Å². The summed E-state index contributed by atoms with van der Waals surface area (Å²) >= 11 is 0. The fourth-order valence-corrected chi connectivity index (χ4v) is 2.43. The minimum absolute atomic E-state index is 0.727. The van der Waals surface area contributed by atoms with Crippen LogP contribution in [0.4, 0.5) is 0 Å². The van der Waals surface area contributed by atoms with E-state index in [1.807, 2.05) is 0 Å². The molecule has 4 atom stereocenters. The van der Waals surface area contributed by atoms with Crippen molar-refractivity contribution < 1.29 is 0 Å². The van der Waals surface area contributed by atoms with E-state index in [1.54, 1.807) is 0 Å². The topological polar surface area (TPSA) is 12.0 Å². The van der Waals surface area contributed by atoms with E-state index in [9.17, 15) is 0 Å². The predicted octanol–water partition coefficient (Wildman–Crippen LogP) is 2.42. The molecule has 0 saturated carbocycles. The minimum Gasteiger partial charge on any atom is -0.311 e. The van der Waals surface area contributed by atoms with Gasteiger partial charge in [0.2, 0.25) is 0 Å². The SMILES string of the molecule is CCC1NC(C)C(C)[C@@H]1CC. The van der Waals surface area contributed by atoms with Gasteiger partial charge in [0.25, 0.3) is 0 Å². The highest BCUT2D eigenvalue weighted by molar-refractivity contribution is 4.91. The van der Waals surface area contributed by atoms with Crippen molar-refractivity contribution in [1.29, 1.82) is 0 Å². The number of nitrogens with one attached hydrogen (secondary N) is 1. The van der Waals surface area contributed by atoms with E-state index >= 15 is 0 Å². The highest BCUT2D eigenvalue weighted by Gasteiger charge is 2.35. The molecule has 1 heterocycles. The quantitative estimate of drug-likeness (QED) is 0.645. The fraction of sp³-hybridized carbons (Fsp3) is 1.00. The van der Waals surface area contributed by atoms with Crippen LogP contribution in [0.25, 0.3) is 0 Å². The Hall–Kier alpha value is -0.0400. The molecule has 1 aliphatic heterocycles. The zero-order valence-electron chi connectivity index (χ0n) is 8.22. The Morgan fingerprint density at radius 1 is 1.09 bits per heavy atom. The summed E-state index contributed by atoms with van der Waals surface area (Å²) in [6.07, 6.45) is 2.62. The highest BCUT2D eigenvalue weighted by atomic mass is 15.0. The number of hydrogen-bond donors (Lipinski definition) is 1. The summed E-state index contributed by atoms with van der Waals surface area (Å²) in [6, 6.07) is 1.51. The maximum atomic E-state index is 3.65. The molecule has 0 bridgehead atoms. The normalized spacial score (nSPS) is 44.7. The molecule has 1 rings (SSSR count). The molecule has 1 heteroatoms. The Morgan fingerprint density at radius 2 is 1.73 bits per heavy atom. The van der Waals surface area contributed by atoms with Crippen molar-refractivity contribution >= 4 is 0 Å². The van der Waals surface area contributed by atoms with Gasteiger partial charge >= 0.3 is 0 Å². The van der Waals surface area contributed by atoms with Gasteiger partial charge in [-0.25, -0.2) is 0 Å². The predicted molar refractivity (Wildman–Crippen MR) is 49.6 cm³/mol. The third kappa shape index (κ3) is 1.58. The van der Waals surface area contributed by atoms with Crippen molar-refractivity contribution in [2.75, 3.05) is 0 Å². The summed E-state index contributed by atoms with van der Waals surface area (Å²) in [5.74, 6) is 1.78. The van der Waals surface area contributed by atoms with E-state index in [1.165, 1.54) is 12.8 Å². The third-order valence-electron chi connectivity index (χ3n) is 3.37. The minimum atomic E-state index is 0.727. The molecule has 0 amide bonds. The van der Waals surface area contributed by atoms with Crippen molar-refractivity contribution in [1.82, 2.24) is 5.32 Å². The first-order chi connectivity index (χ1) is 5.20. The Bertz CT molecular complexity index is 122. The molecule has 0 spiro atoms. The zero-order valence-corrected chi connectivity index (χ0v) is 8.22.